The van der Waals surface area contributed by atoms with Gasteiger partial charge in [-0.15, -0.1) is 0 Å². The van der Waals surface area contributed by atoms with Crippen LogP contribution in [0.15, 0.2) is 0 Å². The third-order valence-electron chi connectivity index (χ3n) is 2.55. The van der Waals surface area contributed by atoms with Crippen molar-refractivity contribution in [3.63, 3.8) is 0 Å². The minimum Gasteiger partial charge on any atom is -0.394 e. The van der Waals surface area contributed by atoms with E-state index in [0.717, 1.165) is 0 Å². The van der Waals surface area contributed by atoms with E-state index in [4.69, 9.17) is 14.6 Å². The smallest absolute Gasteiger partial charge is 0.263 e. The Kier molecular flexibility index (Phi) is 3.79. The van der Waals surface area contributed by atoms with Gasteiger partial charge in [0.1, 0.15) is 0 Å². The average Bonchev–Trinajstić information content (AvgIpc) is 2.17. The van der Waals surface area contributed by atoms with Crippen molar-refractivity contribution >= 4 is 0 Å². The van der Waals surface area contributed by atoms with E-state index in [1.165, 1.54) is 7.11 Å². The summed E-state index contributed by atoms with van der Waals surface area (Å²) in [5.41, 5.74) is 0. The van der Waals surface area contributed by atoms with Gasteiger partial charge in [-0.05, 0) is 5.92 Å². The molecular formula is C8H15NO5. The summed E-state index contributed by atoms with van der Waals surface area (Å²) in [6.07, 6.45) is -0.842. The highest BCUT2D eigenvalue weighted by molar-refractivity contribution is 4.78. The van der Waals surface area contributed by atoms with E-state index in [1.807, 2.05) is 6.92 Å². The summed E-state index contributed by atoms with van der Waals surface area (Å²) in [5.74, 6) is -0.0261. The molecular weight excluding hydrogens is 190 g/mol. The van der Waals surface area contributed by atoms with Crippen LogP contribution in [0.5, 0.6) is 0 Å². The van der Waals surface area contributed by atoms with E-state index in [-0.39, 0.29) is 18.6 Å². The normalized spacial score (nSPS) is 38.2. The molecule has 1 saturated heterocycles. The number of aliphatic hydroxyl groups is 1. The first-order chi connectivity index (χ1) is 6.60. The Hall–Kier alpha value is -0.720. The van der Waals surface area contributed by atoms with Gasteiger partial charge < -0.3 is 14.6 Å². The van der Waals surface area contributed by atoms with Gasteiger partial charge in [-0.3, -0.25) is 10.1 Å². The Morgan fingerprint density at radius 3 is 2.79 bits per heavy atom. The maximum atomic E-state index is 10.6. The summed E-state index contributed by atoms with van der Waals surface area (Å²) in [4.78, 5) is 10.3. The minimum atomic E-state index is -0.849. The minimum absolute atomic E-state index is 0.0261. The second-order valence-electron chi connectivity index (χ2n) is 3.53. The van der Waals surface area contributed by atoms with Crippen LogP contribution in [0.4, 0.5) is 0 Å². The topological polar surface area (TPSA) is 81.8 Å². The second kappa shape index (κ2) is 4.68. The Balaban J connectivity index is 2.67. The van der Waals surface area contributed by atoms with Crippen LogP contribution >= 0.6 is 0 Å². The van der Waals surface area contributed by atoms with Gasteiger partial charge in [0.2, 0.25) is 6.29 Å². The van der Waals surface area contributed by atoms with Crippen LogP contribution in [0.3, 0.4) is 0 Å². The Morgan fingerprint density at radius 1 is 1.71 bits per heavy atom. The highest BCUT2D eigenvalue weighted by Crippen LogP contribution is 2.26. The molecule has 2 unspecified atom stereocenters. The third-order valence-corrected chi connectivity index (χ3v) is 2.55. The molecule has 6 nitrogen and oxygen atoms in total. The molecule has 0 aromatic heterocycles. The van der Waals surface area contributed by atoms with E-state index >= 15 is 0 Å². The van der Waals surface area contributed by atoms with E-state index in [9.17, 15) is 10.1 Å². The molecule has 0 amide bonds. The lowest BCUT2D eigenvalue weighted by Crippen LogP contribution is -2.49. The van der Waals surface area contributed by atoms with Gasteiger partial charge in [-0.2, -0.15) is 0 Å². The van der Waals surface area contributed by atoms with Crippen molar-refractivity contribution in [3.05, 3.63) is 10.1 Å². The molecule has 0 radical (unpaired) electrons. The summed E-state index contributed by atoms with van der Waals surface area (Å²) in [5, 5.41) is 19.6. The van der Waals surface area contributed by atoms with Crippen molar-refractivity contribution in [2.24, 2.45) is 5.92 Å². The molecule has 0 saturated carbocycles. The number of ether oxygens (including phenoxy) is 2. The Labute approximate surface area is 82.0 Å². The van der Waals surface area contributed by atoms with Crippen molar-refractivity contribution in [1.29, 1.82) is 0 Å². The standard InChI is InChI=1S/C8H15NO5/c1-5-3-6(9(11)12)8(13-2)14-7(5)4-10/h5-8,10H,3-4H2,1-2H3/t5-,6?,7?,8+/m0/s1. The van der Waals surface area contributed by atoms with Crippen LogP contribution < -0.4 is 0 Å². The predicted octanol–water partition coefficient (Wildman–Crippen LogP) is 0.0215. The maximum Gasteiger partial charge on any atom is 0.263 e. The zero-order valence-electron chi connectivity index (χ0n) is 8.25. The molecule has 6 heteroatoms. The summed E-state index contributed by atoms with van der Waals surface area (Å²) >= 11 is 0. The van der Waals surface area contributed by atoms with Crippen LogP contribution in [-0.4, -0.2) is 42.2 Å². The van der Waals surface area contributed by atoms with Crippen LogP contribution in [0.2, 0.25) is 0 Å². The van der Waals surface area contributed by atoms with Crippen molar-refractivity contribution in [2.75, 3.05) is 13.7 Å². The molecule has 0 spiro atoms. The highest BCUT2D eigenvalue weighted by atomic mass is 16.7. The molecule has 0 aromatic rings. The van der Waals surface area contributed by atoms with E-state index in [1.54, 1.807) is 0 Å². The average molecular weight is 205 g/mol. The SMILES string of the molecule is CO[C@@H]1OC(CO)[C@@H](C)CC1[N+](=O)[O-]. The van der Waals surface area contributed by atoms with E-state index in [2.05, 4.69) is 0 Å². The first-order valence-corrected chi connectivity index (χ1v) is 4.52. The largest absolute Gasteiger partial charge is 0.394 e. The molecule has 1 rings (SSSR count). The number of nitrogens with zero attached hydrogens (tertiary/aromatic N) is 1. The number of rotatable bonds is 3. The van der Waals surface area contributed by atoms with Crippen molar-refractivity contribution < 1.29 is 19.5 Å². The number of aliphatic hydroxyl groups excluding tert-OH is 1. The molecule has 1 heterocycles. The van der Waals surface area contributed by atoms with Crippen molar-refractivity contribution in [2.45, 2.75) is 31.8 Å². The number of methoxy groups -OCH3 is 1. The van der Waals surface area contributed by atoms with Crippen LogP contribution in [0.25, 0.3) is 0 Å². The number of hydrogen-bond acceptors (Lipinski definition) is 5. The molecule has 0 bridgehead atoms. The fourth-order valence-corrected chi connectivity index (χ4v) is 1.66. The van der Waals surface area contributed by atoms with Crippen molar-refractivity contribution in [1.82, 2.24) is 0 Å². The molecule has 1 aliphatic rings. The molecule has 82 valence electrons. The number of hydrogen-bond donors (Lipinski definition) is 1. The van der Waals surface area contributed by atoms with Crippen LogP contribution in [-0.2, 0) is 9.47 Å². The lowest BCUT2D eigenvalue weighted by atomic mass is 9.93. The quantitative estimate of drug-likeness (QED) is 0.519. The van der Waals surface area contributed by atoms with Gasteiger partial charge in [0, 0.05) is 18.5 Å². The van der Waals surface area contributed by atoms with Gasteiger partial charge in [-0.1, -0.05) is 6.92 Å². The van der Waals surface area contributed by atoms with Gasteiger partial charge >= 0.3 is 0 Å². The predicted molar refractivity (Wildman–Crippen MR) is 47.3 cm³/mol. The third kappa shape index (κ3) is 2.20. The fourth-order valence-electron chi connectivity index (χ4n) is 1.66. The van der Waals surface area contributed by atoms with Gasteiger partial charge in [0.05, 0.1) is 12.7 Å². The van der Waals surface area contributed by atoms with Gasteiger partial charge in [-0.25, -0.2) is 0 Å². The van der Waals surface area contributed by atoms with E-state index < -0.39 is 17.3 Å². The molecule has 1 N–H and O–H groups in total. The molecule has 4 atom stereocenters. The first kappa shape index (κ1) is 11.4. The van der Waals surface area contributed by atoms with Crippen LogP contribution in [0.1, 0.15) is 13.3 Å². The summed E-state index contributed by atoms with van der Waals surface area (Å²) in [6, 6.07) is -0.835. The Bertz CT molecular complexity index is 210. The van der Waals surface area contributed by atoms with Gasteiger partial charge in [0.25, 0.3) is 6.04 Å². The molecule has 0 aromatic carbocycles. The molecule has 14 heavy (non-hydrogen) atoms. The van der Waals surface area contributed by atoms with Crippen molar-refractivity contribution in [3.8, 4) is 0 Å². The fraction of sp³-hybridized carbons (Fsp3) is 1.00. The lowest BCUT2D eigenvalue weighted by molar-refractivity contribution is -0.559. The zero-order chi connectivity index (χ0) is 10.7. The van der Waals surface area contributed by atoms with E-state index in [0.29, 0.717) is 6.42 Å². The zero-order valence-corrected chi connectivity index (χ0v) is 8.25. The second-order valence-corrected chi connectivity index (χ2v) is 3.53. The summed E-state index contributed by atoms with van der Waals surface area (Å²) in [6.45, 7) is 1.69. The molecule has 0 aliphatic carbocycles. The Morgan fingerprint density at radius 2 is 2.36 bits per heavy atom. The highest BCUT2D eigenvalue weighted by Gasteiger charge is 2.42. The van der Waals surface area contributed by atoms with Gasteiger partial charge in [0.15, 0.2) is 0 Å². The summed E-state index contributed by atoms with van der Waals surface area (Å²) < 4.78 is 10.1. The monoisotopic (exact) mass is 205 g/mol. The maximum absolute atomic E-state index is 10.6. The van der Waals surface area contributed by atoms with Crippen LogP contribution in [0, 0.1) is 16.0 Å². The first-order valence-electron chi connectivity index (χ1n) is 4.52. The summed E-state index contributed by atoms with van der Waals surface area (Å²) in [7, 11) is 1.37. The molecule has 1 aliphatic heterocycles. The molecule has 1 fully saturated rings. The lowest BCUT2D eigenvalue weighted by Gasteiger charge is -2.34. The number of nitro groups is 1.